The summed E-state index contributed by atoms with van der Waals surface area (Å²) in [6.45, 7) is 2.25. The molecule has 7 nitrogen and oxygen atoms in total. The summed E-state index contributed by atoms with van der Waals surface area (Å²) in [6.07, 6.45) is 0.324. The van der Waals surface area contributed by atoms with Gasteiger partial charge in [0.05, 0.1) is 30.8 Å². The summed E-state index contributed by atoms with van der Waals surface area (Å²) in [6, 6.07) is 7.49. The van der Waals surface area contributed by atoms with Crippen LogP contribution in [0.3, 0.4) is 0 Å². The van der Waals surface area contributed by atoms with Crippen LogP contribution in [-0.2, 0) is 29.1 Å². The molecule has 1 aromatic carbocycles. The number of fused-ring (bicyclic) bond motifs is 2. The lowest BCUT2D eigenvalue weighted by molar-refractivity contribution is -0.131. The second-order valence-corrected chi connectivity index (χ2v) is 6.11. The first kappa shape index (κ1) is 14.6. The van der Waals surface area contributed by atoms with Crippen LogP contribution in [0.4, 0.5) is 5.69 Å². The van der Waals surface area contributed by atoms with E-state index in [4.69, 9.17) is 0 Å². The topological polar surface area (TPSA) is 86.4 Å². The van der Waals surface area contributed by atoms with Crippen LogP contribution in [0.25, 0.3) is 0 Å². The van der Waals surface area contributed by atoms with E-state index in [2.05, 4.69) is 9.97 Å². The number of amides is 2. The third-order valence-electron chi connectivity index (χ3n) is 4.48. The molecule has 1 N–H and O–H groups in total. The molecule has 2 aliphatic rings. The number of carbonyl (C=O) groups is 2. The van der Waals surface area contributed by atoms with Gasteiger partial charge in [-0.15, -0.1) is 0 Å². The molecule has 2 aliphatic heterocycles. The smallest absolute Gasteiger partial charge is 0.256 e. The second-order valence-electron chi connectivity index (χ2n) is 6.11. The molecule has 0 saturated heterocycles. The number of rotatable bonds is 2. The highest BCUT2D eigenvalue weighted by molar-refractivity contribution is 6.05. The van der Waals surface area contributed by atoms with Gasteiger partial charge in [0.15, 0.2) is 0 Å². The Hall–Kier alpha value is -2.96. The summed E-state index contributed by atoms with van der Waals surface area (Å²) < 4.78 is 0. The molecule has 122 valence electrons. The van der Waals surface area contributed by atoms with Gasteiger partial charge >= 0.3 is 0 Å². The monoisotopic (exact) mass is 324 g/mol. The van der Waals surface area contributed by atoms with Crippen molar-refractivity contribution in [1.82, 2.24) is 14.9 Å². The summed E-state index contributed by atoms with van der Waals surface area (Å²) in [4.78, 5) is 46.8. The van der Waals surface area contributed by atoms with Crippen molar-refractivity contribution in [3.8, 4) is 0 Å². The first-order valence-corrected chi connectivity index (χ1v) is 7.77. The first-order valence-electron chi connectivity index (χ1n) is 7.77. The molecule has 0 spiro atoms. The van der Waals surface area contributed by atoms with Crippen molar-refractivity contribution < 1.29 is 9.59 Å². The molecule has 0 aliphatic carbocycles. The number of carbonyl (C=O) groups excluding carboxylic acids is 2. The predicted molar refractivity (Wildman–Crippen MR) is 86.3 cm³/mol. The molecular formula is C17H16N4O3. The van der Waals surface area contributed by atoms with Gasteiger partial charge in [-0.3, -0.25) is 14.4 Å². The van der Waals surface area contributed by atoms with Crippen molar-refractivity contribution in [3.63, 3.8) is 0 Å². The van der Waals surface area contributed by atoms with Crippen LogP contribution in [0, 0.1) is 6.92 Å². The summed E-state index contributed by atoms with van der Waals surface area (Å²) in [5, 5.41) is 0. The lowest BCUT2D eigenvalue weighted by atomic mass is 10.2. The number of para-hydroxylation sites is 1. The summed E-state index contributed by atoms with van der Waals surface area (Å²) >= 11 is 0. The van der Waals surface area contributed by atoms with Gasteiger partial charge < -0.3 is 14.8 Å². The minimum Gasteiger partial charge on any atom is -0.331 e. The van der Waals surface area contributed by atoms with Gasteiger partial charge in [-0.2, -0.15) is 0 Å². The van der Waals surface area contributed by atoms with Gasteiger partial charge in [-0.1, -0.05) is 18.2 Å². The number of nitrogens with one attached hydrogen (secondary N) is 1. The van der Waals surface area contributed by atoms with Crippen molar-refractivity contribution in [2.24, 2.45) is 0 Å². The zero-order valence-corrected chi connectivity index (χ0v) is 13.2. The Bertz CT molecular complexity index is 918. The molecule has 0 atom stereocenters. The third kappa shape index (κ3) is 2.29. The predicted octanol–water partition coefficient (Wildman–Crippen LogP) is 0.510. The van der Waals surface area contributed by atoms with E-state index in [9.17, 15) is 14.4 Å². The van der Waals surface area contributed by atoms with Crippen molar-refractivity contribution in [2.75, 3.05) is 11.4 Å². The van der Waals surface area contributed by atoms with E-state index in [0.717, 1.165) is 11.3 Å². The van der Waals surface area contributed by atoms with Crippen molar-refractivity contribution in [1.29, 1.82) is 0 Å². The summed E-state index contributed by atoms with van der Waals surface area (Å²) in [7, 11) is 0. The van der Waals surface area contributed by atoms with Crippen LogP contribution in [0.15, 0.2) is 29.1 Å². The van der Waals surface area contributed by atoms with E-state index in [-0.39, 0.29) is 30.5 Å². The van der Waals surface area contributed by atoms with Gasteiger partial charge in [-0.25, -0.2) is 4.98 Å². The number of aryl methyl sites for hydroxylation is 1. The number of aromatic amines is 1. The normalized spacial score (nSPS) is 15.6. The van der Waals surface area contributed by atoms with Gasteiger partial charge in [0.1, 0.15) is 12.4 Å². The van der Waals surface area contributed by atoms with Crippen molar-refractivity contribution in [3.05, 3.63) is 57.3 Å². The number of H-pyrrole nitrogens is 1. The zero-order valence-electron chi connectivity index (χ0n) is 13.2. The molecule has 1 aromatic heterocycles. The van der Waals surface area contributed by atoms with Crippen molar-refractivity contribution in [2.45, 2.75) is 26.4 Å². The minimum absolute atomic E-state index is 0.0132. The SMILES string of the molecule is Cc1nc2c(c(=O)[nH]1)CN(C(=O)CN1C(=O)Cc3ccccc31)C2. The maximum atomic E-state index is 12.6. The third-order valence-corrected chi connectivity index (χ3v) is 4.48. The molecule has 7 heteroatoms. The Labute approximate surface area is 137 Å². The highest BCUT2D eigenvalue weighted by atomic mass is 16.2. The molecule has 4 rings (SSSR count). The van der Waals surface area contributed by atoms with E-state index < -0.39 is 0 Å². The molecule has 2 amide bonds. The van der Waals surface area contributed by atoms with Crippen LogP contribution < -0.4 is 10.5 Å². The summed E-state index contributed by atoms with van der Waals surface area (Å²) in [5.41, 5.74) is 2.70. The quantitative estimate of drug-likeness (QED) is 0.872. The molecule has 3 heterocycles. The van der Waals surface area contributed by atoms with Crippen LogP contribution in [0.1, 0.15) is 22.6 Å². The Kier molecular flexibility index (Phi) is 3.23. The molecule has 0 unspecified atom stereocenters. The molecular weight excluding hydrogens is 308 g/mol. The van der Waals surface area contributed by atoms with E-state index in [1.54, 1.807) is 11.8 Å². The van der Waals surface area contributed by atoms with E-state index >= 15 is 0 Å². The number of nitrogens with zero attached hydrogens (tertiary/aromatic N) is 3. The van der Waals surface area contributed by atoms with E-state index in [0.29, 0.717) is 30.0 Å². The number of benzene rings is 1. The van der Waals surface area contributed by atoms with Gasteiger partial charge in [0.25, 0.3) is 5.56 Å². The fraction of sp³-hybridized carbons (Fsp3) is 0.294. The lowest BCUT2D eigenvalue weighted by Gasteiger charge is -2.21. The number of aromatic nitrogens is 2. The average Bonchev–Trinajstić information content (AvgIpc) is 3.09. The fourth-order valence-corrected chi connectivity index (χ4v) is 3.29. The zero-order chi connectivity index (χ0) is 16.8. The van der Waals surface area contributed by atoms with E-state index in [1.165, 1.54) is 4.90 Å². The maximum Gasteiger partial charge on any atom is 0.256 e. The van der Waals surface area contributed by atoms with Crippen LogP contribution in [0.5, 0.6) is 0 Å². The second kappa shape index (κ2) is 5.30. The largest absolute Gasteiger partial charge is 0.331 e. The van der Waals surface area contributed by atoms with Gasteiger partial charge in [0, 0.05) is 5.69 Å². The molecule has 0 saturated carbocycles. The first-order chi connectivity index (χ1) is 11.5. The number of hydrogen-bond donors (Lipinski definition) is 1. The van der Waals surface area contributed by atoms with Crippen molar-refractivity contribution >= 4 is 17.5 Å². The Morgan fingerprint density at radius 2 is 2.04 bits per heavy atom. The van der Waals surface area contributed by atoms with E-state index in [1.807, 2.05) is 24.3 Å². The highest BCUT2D eigenvalue weighted by Gasteiger charge is 2.32. The number of hydrogen-bond acceptors (Lipinski definition) is 4. The number of anilines is 1. The van der Waals surface area contributed by atoms with Gasteiger partial charge in [-0.05, 0) is 18.6 Å². The standard InChI is InChI=1S/C17H16N4O3/c1-10-18-13-8-20(7-12(13)17(24)19-10)16(23)9-21-14-5-3-2-4-11(14)6-15(21)22/h2-5H,6-9H2,1H3,(H,18,19,24). The Morgan fingerprint density at radius 3 is 2.88 bits per heavy atom. The van der Waals surface area contributed by atoms with Crippen LogP contribution >= 0.6 is 0 Å². The minimum atomic E-state index is -0.199. The lowest BCUT2D eigenvalue weighted by Crippen LogP contribution is -2.39. The van der Waals surface area contributed by atoms with Crippen LogP contribution in [0.2, 0.25) is 0 Å². The average molecular weight is 324 g/mol. The Morgan fingerprint density at radius 1 is 1.25 bits per heavy atom. The maximum absolute atomic E-state index is 12.6. The van der Waals surface area contributed by atoms with Crippen LogP contribution in [-0.4, -0.2) is 33.2 Å². The summed E-state index contributed by atoms with van der Waals surface area (Å²) in [5.74, 6) is 0.278. The molecule has 2 aromatic rings. The molecule has 0 fully saturated rings. The Balaban J connectivity index is 1.54. The molecule has 0 bridgehead atoms. The molecule has 24 heavy (non-hydrogen) atoms. The highest BCUT2D eigenvalue weighted by Crippen LogP contribution is 2.28. The molecule has 0 radical (unpaired) electrons. The van der Waals surface area contributed by atoms with Gasteiger partial charge in [0.2, 0.25) is 11.8 Å². The fourth-order valence-electron chi connectivity index (χ4n) is 3.29.